The molecule has 1 unspecified atom stereocenters. The predicted octanol–water partition coefficient (Wildman–Crippen LogP) is 4.18. The third-order valence-corrected chi connectivity index (χ3v) is 3.08. The number of alkyl halides is 3. The molecule has 6 heteroatoms. The van der Waals surface area contributed by atoms with E-state index in [0.29, 0.717) is 12.0 Å². The van der Waals surface area contributed by atoms with Crippen molar-refractivity contribution in [2.45, 2.75) is 45.8 Å². The zero-order valence-corrected chi connectivity index (χ0v) is 11.8. The van der Waals surface area contributed by atoms with Crippen LogP contribution in [0.15, 0.2) is 18.2 Å². The Morgan fingerprint density at radius 1 is 1.20 bits per heavy atom. The number of rotatable bonds is 4. The molecule has 2 nitrogen and oxygen atoms in total. The third-order valence-electron chi connectivity index (χ3n) is 3.08. The number of nitrogens with one attached hydrogen (secondary N) is 1. The molecule has 1 rings (SSSR count). The van der Waals surface area contributed by atoms with Crippen molar-refractivity contribution in [3.8, 4) is 0 Å². The fraction of sp³-hybridized carbons (Fsp3) is 0.571. The van der Waals surface area contributed by atoms with E-state index in [9.17, 15) is 17.6 Å². The molecule has 3 N–H and O–H groups in total. The molecule has 20 heavy (non-hydrogen) atoms. The maximum absolute atomic E-state index is 13.2. The minimum atomic E-state index is -4.71. The van der Waals surface area contributed by atoms with Crippen molar-refractivity contribution in [1.82, 2.24) is 5.43 Å². The van der Waals surface area contributed by atoms with Gasteiger partial charge < -0.3 is 0 Å². The van der Waals surface area contributed by atoms with Gasteiger partial charge in [0, 0.05) is 6.04 Å². The molecule has 0 aliphatic carbocycles. The summed E-state index contributed by atoms with van der Waals surface area (Å²) in [5.41, 5.74) is 1.62. The summed E-state index contributed by atoms with van der Waals surface area (Å²) in [4.78, 5) is 0. The van der Waals surface area contributed by atoms with Gasteiger partial charge in [0.1, 0.15) is 5.82 Å². The molecular formula is C14H20F4N2. The Bertz CT molecular complexity index is 449. The van der Waals surface area contributed by atoms with Gasteiger partial charge in [0.25, 0.3) is 0 Å². The Kier molecular flexibility index (Phi) is 5.15. The molecule has 0 spiro atoms. The fourth-order valence-electron chi connectivity index (χ4n) is 1.90. The van der Waals surface area contributed by atoms with Crippen LogP contribution < -0.4 is 11.3 Å². The van der Waals surface area contributed by atoms with E-state index in [-0.39, 0.29) is 5.41 Å². The lowest BCUT2D eigenvalue weighted by molar-refractivity contribution is -0.140. The van der Waals surface area contributed by atoms with Crippen LogP contribution in [-0.2, 0) is 6.18 Å². The summed E-state index contributed by atoms with van der Waals surface area (Å²) < 4.78 is 51.3. The highest BCUT2D eigenvalue weighted by Gasteiger charge is 2.34. The summed E-state index contributed by atoms with van der Waals surface area (Å²) in [5, 5.41) is 0. The Morgan fingerprint density at radius 3 is 2.25 bits per heavy atom. The predicted molar refractivity (Wildman–Crippen MR) is 70.2 cm³/mol. The van der Waals surface area contributed by atoms with Crippen molar-refractivity contribution in [3.05, 3.63) is 35.1 Å². The number of hydrazine groups is 1. The van der Waals surface area contributed by atoms with Gasteiger partial charge in [-0.25, -0.2) is 4.39 Å². The molecule has 0 heterocycles. The molecule has 1 aromatic carbocycles. The summed E-state index contributed by atoms with van der Waals surface area (Å²) in [6.07, 6.45) is -3.35. The fourth-order valence-corrected chi connectivity index (χ4v) is 1.90. The lowest BCUT2D eigenvalue weighted by Crippen LogP contribution is -2.29. The molecule has 0 radical (unpaired) electrons. The molecule has 0 aromatic heterocycles. The molecule has 114 valence electrons. The zero-order valence-electron chi connectivity index (χ0n) is 11.8. The zero-order chi connectivity index (χ0) is 15.6. The molecule has 0 amide bonds. The monoisotopic (exact) mass is 292 g/mol. The second-order valence-corrected chi connectivity index (χ2v) is 6.06. The summed E-state index contributed by atoms with van der Waals surface area (Å²) in [5.74, 6) is 4.14. The summed E-state index contributed by atoms with van der Waals surface area (Å²) >= 11 is 0. The van der Waals surface area contributed by atoms with Crippen LogP contribution in [0.25, 0.3) is 0 Å². The van der Waals surface area contributed by atoms with Crippen LogP contribution in [0.4, 0.5) is 17.6 Å². The summed E-state index contributed by atoms with van der Waals surface area (Å²) in [6, 6.07) is 2.55. The van der Waals surface area contributed by atoms with Gasteiger partial charge in [0.15, 0.2) is 0 Å². The molecule has 0 saturated heterocycles. The smallest absolute Gasteiger partial charge is 0.271 e. The first-order valence-electron chi connectivity index (χ1n) is 6.37. The molecule has 0 aliphatic rings. The Hall–Kier alpha value is -1.14. The van der Waals surface area contributed by atoms with E-state index < -0.39 is 23.6 Å². The molecule has 1 aromatic rings. The summed E-state index contributed by atoms with van der Waals surface area (Å²) in [7, 11) is 0. The van der Waals surface area contributed by atoms with Gasteiger partial charge in [-0.1, -0.05) is 26.8 Å². The Labute approximate surface area is 116 Å². The Morgan fingerprint density at radius 2 is 1.80 bits per heavy atom. The highest BCUT2D eigenvalue weighted by Crippen LogP contribution is 2.34. The van der Waals surface area contributed by atoms with E-state index in [4.69, 9.17) is 5.84 Å². The van der Waals surface area contributed by atoms with E-state index in [1.807, 2.05) is 20.8 Å². The van der Waals surface area contributed by atoms with Gasteiger partial charge in [-0.3, -0.25) is 11.3 Å². The largest absolute Gasteiger partial charge is 0.419 e. The molecular weight excluding hydrogens is 272 g/mol. The highest BCUT2D eigenvalue weighted by molar-refractivity contribution is 5.29. The van der Waals surface area contributed by atoms with Gasteiger partial charge in [-0.2, -0.15) is 13.2 Å². The van der Waals surface area contributed by atoms with Crippen LogP contribution in [0.3, 0.4) is 0 Å². The van der Waals surface area contributed by atoms with Crippen molar-refractivity contribution in [2.75, 3.05) is 0 Å². The molecule has 1 atom stereocenters. The average Bonchev–Trinajstić information content (AvgIpc) is 2.28. The van der Waals surface area contributed by atoms with Crippen molar-refractivity contribution in [1.29, 1.82) is 0 Å². The maximum Gasteiger partial charge on any atom is 0.419 e. The molecule has 0 saturated carbocycles. The van der Waals surface area contributed by atoms with Gasteiger partial charge in [-0.05, 0) is 36.0 Å². The Balaban J connectivity index is 2.99. The minimum absolute atomic E-state index is 0.0436. The first-order valence-corrected chi connectivity index (χ1v) is 6.37. The lowest BCUT2D eigenvalue weighted by Gasteiger charge is -2.23. The SMILES string of the molecule is CC(C)(C)CCC(NN)c1ccc(F)c(C(F)(F)F)c1. The van der Waals surface area contributed by atoms with Gasteiger partial charge in [0.2, 0.25) is 0 Å². The number of benzene rings is 1. The van der Waals surface area contributed by atoms with Crippen LogP contribution >= 0.6 is 0 Å². The number of hydrogen-bond acceptors (Lipinski definition) is 2. The standard InChI is InChI=1S/C14H20F4N2/c1-13(2,3)7-6-12(20-19)9-4-5-11(15)10(8-9)14(16,17)18/h4-5,8,12,20H,6-7,19H2,1-3H3. The van der Waals surface area contributed by atoms with Gasteiger partial charge in [-0.15, -0.1) is 0 Å². The minimum Gasteiger partial charge on any atom is -0.271 e. The highest BCUT2D eigenvalue weighted by atomic mass is 19.4. The quantitative estimate of drug-likeness (QED) is 0.496. The number of hydrogen-bond donors (Lipinski definition) is 2. The summed E-state index contributed by atoms with van der Waals surface area (Å²) in [6.45, 7) is 6.10. The normalized spacial score (nSPS) is 14.4. The van der Waals surface area contributed by atoms with Crippen LogP contribution in [-0.4, -0.2) is 0 Å². The number of nitrogens with two attached hydrogens (primary N) is 1. The molecule has 0 bridgehead atoms. The van der Waals surface area contributed by atoms with Crippen LogP contribution in [0, 0.1) is 11.2 Å². The first-order chi connectivity index (χ1) is 9.04. The molecule has 0 aliphatic heterocycles. The van der Waals surface area contributed by atoms with E-state index in [1.165, 1.54) is 6.07 Å². The van der Waals surface area contributed by atoms with Gasteiger partial charge >= 0.3 is 6.18 Å². The third kappa shape index (κ3) is 4.76. The molecule has 0 fully saturated rings. The maximum atomic E-state index is 13.2. The van der Waals surface area contributed by atoms with Gasteiger partial charge in [0.05, 0.1) is 5.56 Å². The van der Waals surface area contributed by atoms with Crippen LogP contribution in [0.5, 0.6) is 0 Å². The second kappa shape index (κ2) is 6.10. The lowest BCUT2D eigenvalue weighted by atomic mass is 9.87. The van der Waals surface area contributed by atoms with E-state index in [2.05, 4.69) is 5.43 Å². The van der Waals surface area contributed by atoms with E-state index >= 15 is 0 Å². The van der Waals surface area contributed by atoms with Crippen molar-refractivity contribution in [3.63, 3.8) is 0 Å². The van der Waals surface area contributed by atoms with E-state index in [0.717, 1.165) is 18.6 Å². The van der Waals surface area contributed by atoms with Crippen molar-refractivity contribution >= 4 is 0 Å². The van der Waals surface area contributed by atoms with Crippen molar-refractivity contribution in [2.24, 2.45) is 11.3 Å². The number of halogens is 4. The first kappa shape index (κ1) is 16.9. The topological polar surface area (TPSA) is 38.0 Å². The second-order valence-electron chi connectivity index (χ2n) is 6.06. The van der Waals surface area contributed by atoms with Crippen molar-refractivity contribution < 1.29 is 17.6 Å². The van der Waals surface area contributed by atoms with Crippen LogP contribution in [0.1, 0.15) is 50.8 Å². The average molecular weight is 292 g/mol. The van der Waals surface area contributed by atoms with E-state index in [1.54, 1.807) is 0 Å². The van der Waals surface area contributed by atoms with Crippen LogP contribution in [0.2, 0.25) is 0 Å².